The van der Waals surface area contributed by atoms with Gasteiger partial charge in [0.15, 0.2) is 0 Å². The van der Waals surface area contributed by atoms with Crippen LogP contribution < -0.4 is 0 Å². The lowest BCUT2D eigenvalue weighted by atomic mass is 9.67. The molecule has 0 saturated carbocycles. The lowest BCUT2D eigenvalue weighted by Crippen LogP contribution is -2.27. The Labute approximate surface area is 248 Å². The highest BCUT2D eigenvalue weighted by molar-refractivity contribution is 5.69. The molecule has 1 atom stereocenters. The number of carbonyl (C=O) groups is 1. The fourth-order valence-corrected chi connectivity index (χ4v) is 5.58. The quantitative estimate of drug-likeness (QED) is 0.0807. The van der Waals surface area contributed by atoms with Crippen molar-refractivity contribution in [3.63, 3.8) is 0 Å². The van der Waals surface area contributed by atoms with E-state index in [1.807, 2.05) is 0 Å². The molecule has 0 spiro atoms. The maximum absolute atomic E-state index is 12.0. The number of allylic oxidation sites excluding steroid dienone is 11. The number of esters is 1. The number of hydrogen-bond donors (Lipinski definition) is 0. The number of carbonyl (C=O) groups excluding carboxylic acids is 1. The average Bonchev–Trinajstić information content (AvgIpc) is 2.90. The molecular formula is C38H62O2. The predicted octanol–water partition coefficient (Wildman–Crippen LogP) is 12.0. The summed E-state index contributed by atoms with van der Waals surface area (Å²) in [6, 6.07) is 0. The molecule has 0 aromatic carbocycles. The standard InChI is InChI=1S/C38H62O2/c1-7-8-9-10-11-12-13-14-15-16-17-18-19-20-21-27-37(39)40-32-30-34(3)25-22-24-33(2)28-29-36-35(4)26-23-31-38(36,5)6/h8-9,11-12,14-15,24,26,30,36H,7,10,13,16-23,25,27-29,31-32H2,1-6H3/b9-8-,12-11-,15-14-,33-24+,34-30+/t36-/m1/s1. The summed E-state index contributed by atoms with van der Waals surface area (Å²) < 4.78 is 5.44. The van der Waals surface area contributed by atoms with Crippen LogP contribution in [0.4, 0.5) is 0 Å². The third-order valence-corrected chi connectivity index (χ3v) is 8.31. The fraction of sp³-hybridized carbons (Fsp3) is 0.658. The lowest BCUT2D eigenvalue weighted by molar-refractivity contribution is -0.142. The number of unbranched alkanes of at least 4 members (excludes halogenated alkanes) is 5. The van der Waals surface area contributed by atoms with E-state index in [1.54, 1.807) is 5.57 Å². The smallest absolute Gasteiger partial charge is 0.306 e. The van der Waals surface area contributed by atoms with E-state index in [0.29, 0.717) is 24.4 Å². The van der Waals surface area contributed by atoms with Crippen molar-refractivity contribution in [1.82, 2.24) is 0 Å². The van der Waals surface area contributed by atoms with E-state index in [0.717, 1.165) is 51.4 Å². The Morgan fingerprint density at radius 2 is 1.50 bits per heavy atom. The van der Waals surface area contributed by atoms with Gasteiger partial charge in [-0.15, -0.1) is 0 Å². The number of hydrogen-bond acceptors (Lipinski definition) is 2. The topological polar surface area (TPSA) is 26.3 Å². The molecule has 0 bridgehead atoms. The highest BCUT2D eigenvalue weighted by Gasteiger charge is 2.32. The van der Waals surface area contributed by atoms with Crippen LogP contribution in [0.3, 0.4) is 0 Å². The van der Waals surface area contributed by atoms with Crippen LogP contribution in [0, 0.1) is 11.3 Å². The Morgan fingerprint density at radius 3 is 2.23 bits per heavy atom. The van der Waals surface area contributed by atoms with Crippen molar-refractivity contribution in [2.45, 2.75) is 144 Å². The van der Waals surface area contributed by atoms with E-state index in [4.69, 9.17) is 4.74 Å². The van der Waals surface area contributed by atoms with Gasteiger partial charge in [-0.25, -0.2) is 0 Å². The van der Waals surface area contributed by atoms with E-state index < -0.39 is 0 Å². The minimum absolute atomic E-state index is 0.0593. The summed E-state index contributed by atoms with van der Waals surface area (Å²) in [5.41, 5.74) is 4.82. The van der Waals surface area contributed by atoms with E-state index in [2.05, 4.69) is 96.2 Å². The van der Waals surface area contributed by atoms with Crippen LogP contribution >= 0.6 is 0 Å². The number of rotatable bonds is 21. The third kappa shape index (κ3) is 18.3. The summed E-state index contributed by atoms with van der Waals surface area (Å²) >= 11 is 0. The summed E-state index contributed by atoms with van der Waals surface area (Å²) in [4.78, 5) is 12.0. The van der Waals surface area contributed by atoms with Crippen molar-refractivity contribution in [3.05, 3.63) is 71.4 Å². The molecule has 0 radical (unpaired) electrons. The Kier molecular flexibility index (Phi) is 20.3. The van der Waals surface area contributed by atoms with Gasteiger partial charge in [-0.1, -0.05) is 105 Å². The van der Waals surface area contributed by atoms with Gasteiger partial charge in [0, 0.05) is 6.42 Å². The van der Waals surface area contributed by atoms with Gasteiger partial charge in [0.05, 0.1) is 0 Å². The molecule has 2 heteroatoms. The second-order valence-corrected chi connectivity index (χ2v) is 12.5. The minimum atomic E-state index is -0.0593. The molecule has 1 aliphatic rings. The van der Waals surface area contributed by atoms with Crippen molar-refractivity contribution in [2.75, 3.05) is 6.61 Å². The first kappa shape index (κ1) is 35.9. The van der Waals surface area contributed by atoms with Crippen LogP contribution in [0.15, 0.2) is 71.4 Å². The van der Waals surface area contributed by atoms with E-state index >= 15 is 0 Å². The van der Waals surface area contributed by atoms with Gasteiger partial charge < -0.3 is 4.74 Å². The fourth-order valence-electron chi connectivity index (χ4n) is 5.58. The van der Waals surface area contributed by atoms with Crippen LogP contribution in [-0.4, -0.2) is 12.6 Å². The second-order valence-electron chi connectivity index (χ2n) is 12.5. The van der Waals surface area contributed by atoms with E-state index in [9.17, 15) is 4.79 Å². The Morgan fingerprint density at radius 1 is 0.850 bits per heavy atom. The molecule has 40 heavy (non-hydrogen) atoms. The molecule has 1 aliphatic carbocycles. The Hall–Kier alpha value is -2.09. The largest absolute Gasteiger partial charge is 0.461 e. The van der Waals surface area contributed by atoms with Crippen molar-refractivity contribution in [1.29, 1.82) is 0 Å². The highest BCUT2D eigenvalue weighted by Crippen LogP contribution is 2.43. The average molecular weight is 551 g/mol. The molecule has 0 fully saturated rings. The Bertz CT molecular complexity index is 862. The van der Waals surface area contributed by atoms with Gasteiger partial charge in [-0.05, 0) is 115 Å². The summed E-state index contributed by atoms with van der Waals surface area (Å²) in [6.07, 6.45) is 38.1. The molecule has 0 aromatic heterocycles. The minimum Gasteiger partial charge on any atom is -0.461 e. The van der Waals surface area contributed by atoms with Crippen molar-refractivity contribution in [2.24, 2.45) is 11.3 Å². The van der Waals surface area contributed by atoms with E-state index in [1.165, 1.54) is 56.1 Å². The normalized spacial score (nSPS) is 18.2. The summed E-state index contributed by atoms with van der Waals surface area (Å²) in [5.74, 6) is 0.653. The zero-order chi connectivity index (χ0) is 29.5. The first-order valence-corrected chi connectivity index (χ1v) is 16.3. The molecular weight excluding hydrogens is 488 g/mol. The highest BCUT2D eigenvalue weighted by atomic mass is 16.5. The first-order chi connectivity index (χ1) is 19.3. The number of ether oxygens (including phenoxy) is 1. The predicted molar refractivity (Wildman–Crippen MR) is 176 cm³/mol. The Balaban J connectivity index is 2.05. The maximum atomic E-state index is 12.0. The zero-order valence-electron chi connectivity index (χ0n) is 27.1. The van der Waals surface area contributed by atoms with Gasteiger partial charge in [-0.2, -0.15) is 0 Å². The molecule has 1 rings (SSSR count). The molecule has 0 amide bonds. The van der Waals surface area contributed by atoms with Crippen LogP contribution in [0.5, 0.6) is 0 Å². The van der Waals surface area contributed by atoms with Crippen LogP contribution in [0.1, 0.15) is 144 Å². The molecule has 0 saturated heterocycles. The van der Waals surface area contributed by atoms with Gasteiger partial charge in [0.25, 0.3) is 0 Å². The molecule has 0 aromatic rings. The van der Waals surface area contributed by atoms with Crippen molar-refractivity contribution >= 4 is 5.97 Å². The van der Waals surface area contributed by atoms with Crippen LogP contribution in [0.2, 0.25) is 0 Å². The molecule has 226 valence electrons. The molecule has 2 nitrogen and oxygen atoms in total. The van der Waals surface area contributed by atoms with E-state index in [-0.39, 0.29) is 5.97 Å². The van der Waals surface area contributed by atoms with Gasteiger partial charge in [-0.3, -0.25) is 4.79 Å². The van der Waals surface area contributed by atoms with Crippen LogP contribution in [-0.2, 0) is 9.53 Å². The van der Waals surface area contributed by atoms with Gasteiger partial charge in [0.2, 0.25) is 0 Å². The SMILES string of the molecule is CC/C=C\C/C=C\C/C=C\CCCCCCCC(=O)OC/C=C(\C)CC/C=C(\C)CC[C@@H]1C(C)=CCCC1(C)C. The molecule has 0 N–H and O–H groups in total. The monoisotopic (exact) mass is 550 g/mol. The first-order valence-electron chi connectivity index (χ1n) is 16.3. The molecule has 0 unspecified atom stereocenters. The maximum Gasteiger partial charge on any atom is 0.306 e. The van der Waals surface area contributed by atoms with Gasteiger partial charge >= 0.3 is 5.97 Å². The molecule has 0 aliphatic heterocycles. The summed E-state index contributed by atoms with van der Waals surface area (Å²) in [6.45, 7) is 14.2. The van der Waals surface area contributed by atoms with Gasteiger partial charge in [0.1, 0.15) is 6.61 Å². The summed E-state index contributed by atoms with van der Waals surface area (Å²) in [5, 5.41) is 0. The van der Waals surface area contributed by atoms with Crippen LogP contribution in [0.25, 0.3) is 0 Å². The second kappa shape index (κ2) is 22.6. The third-order valence-electron chi connectivity index (χ3n) is 8.31. The van der Waals surface area contributed by atoms with Crippen molar-refractivity contribution < 1.29 is 9.53 Å². The molecule has 0 heterocycles. The zero-order valence-corrected chi connectivity index (χ0v) is 27.1. The summed E-state index contributed by atoms with van der Waals surface area (Å²) in [7, 11) is 0. The lowest BCUT2D eigenvalue weighted by Gasteiger charge is -2.38. The van der Waals surface area contributed by atoms with Crippen molar-refractivity contribution in [3.8, 4) is 0 Å².